The molecule has 130 valence electrons. The second kappa shape index (κ2) is 7.33. The van der Waals surface area contributed by atoms with Gasteiger partial charge >= 0.3 is 5.97 Å². The molecule has 0 aliphatic carbocycles. The molecule has 0 unspecified atom stereocenters. The van der Waals surface area contributed by atoms with Crippen LogP contribution in [0.5, 0.6) is 0 Å². The van der Waals surface area contributed by atoms with Crippen molar-refractivity contribution >= 4 is 39.0 Å². The number of halogens is 1. The third-order valence-corrected chi connectivity index (χ3v) is 4.73. The highest BCUT2D eigenvalue weighted by Gasteiger charge is 2.21. The third-order valence-electron chi connectivity index (χ3n) is 3.64. The van der Waals surface area contributed by atoms with E-state index in [9.17, 15) is 14.0 Å². The molecule has 1 atom stereocenters. The van der Waals surface area contributed by atoms with Crippen LogP contribution >= 0.6 is 11.3 Å². The van der Waals surface area contributed by atoms with E-state index in [1.807, 2.05) is 6.07 Å². The van der Waals surface area contributed by atoms with E-state index in [2.05, 4.69) is 5.32 Å². The van der Waals surface area contributed by atoms with Gasteiger partial charge in [-0.15, -0.1) is 11.3 Å². The van der Waals surface area contributed by atoms with Crippen molar-refractivity contribution in [2.45, 2.75) is 13.0 Å². The Bertz CT molecular complexity index is 1040. The zero-order valence-electron chi connectivity index (χ0n) is 13.7. The fraction of sp³-hybridized carbons (Fsp3) is 0.105. The molecule has 0 saturated heterocycles. The summed E-state index contributed by atoms with van der Waals surface area (Å²) in [7, 11) is 0. The van der Waals surface area contributed by atoms with E-state index in [-0.39, 0.29) is 10.7 Å². The summed E-state index contributed by atoms with van der Waals surface area (Å²) < 4.78 is 19.2. The second-order valence-electron chi connectivity index (χ2n) is 5.49. The normalized spacial score (nSPS) is 11.6. The molecule has 1 N–H and O–H groups in total. The van der Waals surface area contributed by atoms with E-state index in [0.29, 0.717) is 16.6 Å². The largest absolute Gasteiger partial charge is 0.448 e. The van der Waals surface area contributed by atoms with Gasteiger partial charge in [-0.3, -0.25) is 4.79 Å². The number of thiophene rings is 1. The van der Waals surface area contributed by atoms with Gasteiger partial charge in [-0.1, -0.05) is 12.1 Å². The first-order valence-corrected chi connectivity index (χ1v) is 8.49. The summed E-state index contributed by atoms with van der Waals surface area (Å²) >= 11 is 1.16. The van der Waals surface area contributed by atoms with Crippen LogP contribution in [-0.2, 0) is 9.53 Å². The van der Waals surface area contributed by atoms with Crippen molar-refractivity contribution in [3.8, 4) is 6.07 Å². The maximum absolute atomic E-state index is 13.2. The zero-order chi connectivity index (χ0) is 18.7. The lowest BCUT2D eigenvalue weighted by molar-refractivity contribution is -0.123. The molecule has 1 aromatic heterocycles. The van der Waals surface area contributed by atoms with Crippen molar-refractivity contribution in [3.05, 3.63) is 64.8 Å². The van der Waals surface area contributed by atoms with Gasteiger partial charge in [-0.05, 0) is 48.7 Å². The maximum Gasteiger partial charge on any atom is 0.349 e. The van der Waals surface area contributed by atoms with Gasteiger partial charge in [-0.2, -0.15) is 5.26 Å². The first kappa shape index (κ1) is 17.6. The Hall–Kier alpha value is -3.24. The monoisotopic (exact) mass is 368 g/mol. The smallest absolute Gasteiger partial charge is 0.349 e. The van der Waals surface area contributed by atoms with Gasteiger partial charge in [0.2, 0.25) is 0 Å². The number of fused-ring (bicyclic) bond motifs is 1. The summed E-state index contributed by atoms with van der Waals surface area (Å²) in [4.78, 5) is 24.8. The van der Waals surface area contributed by atoms with Gasteiger partial charge in [0.1, 0.15) is 16.8 Å². The van der Waals surface area contributed by atoms with E-state index in [4.69, 9.17) is 10.00 Å². The standard InChI is InChI=1S/C19H13FN2O3S/c1-11(18(23)22-15-5-3-2-4-12(15)10-21)25-19(24)17-9-13-8-14(20)6-7-16(13)26-17/h2-9,11H,1H3,(H,22,23)/t11-/m1/s1. The van der Waals surface area contributed by atoms with Crippen LogP contribution in [0.25, 0.3) is 10.1 Å². The molecule has 1 heterocycles. The highest BCUT2D eigenvalue weighted by molar-refractivity contribution is 7.20. The highest BCUT2D eigenvalue weighted by Crippen LogP contribution is 2.27. The van der Waals surface area contributed by atoms with Crippen LogP contribution < -0.4 is 5.32 Å². The Labute approximate surface area is 152 Å². The summed E-state index contributed by atoms with van der Waals surface area (Å²) in [5, 5.41) is 12.2. The van der Waals surface area contributed by atoms with Crippen molar-refractivity contribution in [1.82, 2.24) is 0 Å². The molecule has 0 radical (unpaired) electrons. The molecule has 0 saturated carbocycles. The summed E-state index contributed by atoms with van der Waals surface area (Å²) in [6, 6.07) is 14.3. The molecule has 0 bridgehead atoms. The van der Waals surface area contributed by atoms with Crippen molar-refractivity contribution < 1.29 is 18.7 Å². The number of anilines is 1. The number of nitriles is 1. The number of esters is 1. The number of carbonyl (C=O) groups is 2. The molecule has 0 fully saturated rings. The topological polar surface area (TPSA) is 79.2 Å². The minimum atomic E-state index is -1.06. The molecular weight excluding hydrogens is 355 g/mol. The first-order valence-electron chi connectivity index (χ1n) is 7.68. The molecule has 5 nitrogen and oxygen atoms in total. The van der Waals surface area contributed by atoms with Crippen LogP contribution in [0.3, 0.4) is 0 Å². The molecule has 3 aromatic rings. The lowest BCUT2D eigenvalue weighted by Gasteiger charge is -2.13. The van der Waals surface area contributed by atoms with Gasteiger partial charge in [-0.25, -0.2) is 9.18 Å². The van der Waals surface area contributed by atoms with E-state index in [1.165, 1.54) is 25.1 Å². The van der Waals surface area contributed by atoms with Crippen LogP contribution in [0.15, 0.2) is 48.5 Å². The van der Waals surface area contributed by atoms with Gasteiger partial charge in [0, 0.05) is 4.70 Å². The molecule has 1 amide bonds. The summed E-state index contributed by atoms with van der Waals surface area (Å²) in [5.41, 5.74) is 0.658. The minimum Gasteiger partial charge on any atom is -0.448 e. The molecule has 0 aliphatic rings. The van der Waals surface area contributed by atoms with Crippen LogP contribution in [0.4, 0.5) is 10.1 Å². The number of nitrogens with one attached hydrogen (secondary N) is 1. The van der Waals surface area contributed by atoms with Crippen molar-refractivity contribution in [1.29, 1.82) is 5.26 Å². The lowest BCUT2D eigenvalue weighted by atomic mass is 10.2. The predicted molar refractivity (Wildman–Crippen MR) is 96.4 cm³/mol. The lowest BCUT2D eigenvalue weighted by Crippen LogP contribution is -2.30. The number of hydrogen-bond donors (Lipinski definition) is 1. The Balaban J connectivity index is 1.69. The molecular formula is C19H13FN2O3S. The SMILES string of the molecule is C[C@@H](OC(=O)c1cc2cc(F)ccc2s1)C(=O)Nc1ccccc1C#N. The Kier molecular flexibility index (Phi) is 4.96. The zero-order valence-corrected chi connectivity index (χ0v) is 14.5. The average Bonchev–Trinajstić information content (AvgIpc) is 3.05. The van der Waals surface area contributed by atoms with E-state index in [1.54, 1.807) is 30.3 Å². The van der Waals surface area contributed by atoms with Gasteiger partial charge in [0.05, 0.1) is 11.3 Å². The van der Waals surface area contributed by atoms with Gasteiger partial charge in [0.25, 0.3) is 5.91 Å². The maximum atomic E-state index is 13.2. The summed E-state index contributed by atoms with van der Waals surface area (Å²) in [6.45, 7) is 1.44. The number of amides is 1. The van der Waals surface area contributed by atoms with Crippen LogP contribution in [0.2, 0.25) is 0 Å². The van der Waals surface area contributed by atoms with Crippen molar-refractivity contribution in [3.63, 3.8) is 0 Å². The fourth-order valence-electron chi connectivity index (χ4n) is 2.31. The summed E-state index contributed by atoms with van der Waals surface area (Å²) in [6.07, 6.45) is -1.06. The molecule has 26 heavy (non-hydrogen) atoms. The van der Waals surface area contributed by atoms with E-state index in [0.717, 1.165) is 16.0 Å². The van der Waals surface area contributed by atoms with Crippen molar-refractivity contribution in [2.24, 2.45) is 0 Å². The van der Waals surface area contributed by atoms with Crippen LogP contribution in [-0.4, -0.2) is 18.0 Å². The molecule has 7 heteroatoms. The fourth-order valence-corrected chi connectivity index (χ4v) is 3.24. The Morgan fingerprint density at radius 3 is 2.77 bits per heavy atom. The minimum absolute atomic E-state index is 0.280. The Morgan fingerprint density at radius 2 is 2.00 bits per heavy atom. The molecule has 0 aliphatic heterocycles. The number of rotatable bonds is 4. The van der Waals surface area contributed by atoms with Crippen LogP contribution in [0, 0.1) is 17.1 Å². The third kappa shape index (κ3) is 3.71. The predicted octanol–water partition coefficient (Wildman–Crippen LogP) is 4.10. The quantitative estimate of drug-likeness (QED) is 0.703. The molecule has 0 spiro atoms. The van der Waals surface area contributed by atoms with Gasteiger partial charge in [0.15, 0.2) is 6.10 Å². The number of carbonyl (C=O) groups excluding carboxylic acids is 2. The number of ether oxygens (including phenoxy) is 1. The number of nitrogens with zero attached hydrogens (tertiary/aromatic N) is 1. The van der Waals surface area contributed by atoms with Crippen molar-refractivity contribution in [2.75, 3.05) is 5.32 Å². The number of hydrogen-bond acceptors (Lipinski definition) is 5. The molecule has 3 rings (SSSR count). The van der Waals surface area contributed by atoms with Gasteiger partial charge < -0.3 is 10.1 Å². The van der Waals surface area contributed by atoms with E-state index < -0.39 is 18.0 Å². The molecule has 2 aromatic carbocycles. The Morgan fingerprint density at radius 1 is 1.23 bits per heavy atom. The summed E-state index contributed by atoms with van der Waals surface area (Å²) in [5.74, 6) is -1.60. The van der Waals surface area contributed by atoms with Crippen LogP contribution in [0.1, 0.15) is 22.2 Å². The first-order chi connectivity index (χ1) is 12.5. The highest BCUT2D eigenvalue weighted by atomic mass is 32.1. The number of para-hydroxylation sites is 1. The average molecular weight is 368 g/mol. The second-order valence-corrected chi connectivity index (χ2v) is 6.57. The number of benzene rings is 2. The van der Waals surface area contributed by atoms with E-state index >= 15 is 0 Å².